The normalized spacial score (nSPS) is 11.8. The maximum absolute atomic E-state index is 13.1. The van der Waals surface area contributed by atoms with Crippen LogP contribution < -0.4 is 0 Å². The van der Waals surface area contributed by atoms with Gasteiger partial charge in [-0.25, -0.2) is 9.37 Å². The molecule has 0 saturated heterocycles. The van der Waals surface area contributed by atoms with Crippen molar-refractivity contribution in [2.24, 2.45) is 5.92 Å². The molecule has 1 amide bonds. The summed E-state index contributed by atoms with van der Waals surface area (Å²) < 4.78 is 50.5. The minimum atomic E-state index is -4.54. The second-order valence-electron chi connectivity index (χ2n) is 4.69. The van der Waals surface area contributed by atoms with Crippen LogP contribution in [0, 0.1) is 11.7 Å². The zero-order valence-electron chi connectivity index (χ0n) is 10.8. The van der Waals surface area contributed by atoms with E-state index in [1.54, 1.807) is 13.8 Å². The number of carbonyl (C=O) groups excluding carboxylic acids is 1. The van der Waals surface area contributed by atoms with Gasteiger partial charge >= 0.3 is 6.18 Å². The third-order valence-corrected chi connectivity index (χ3v) is 2.58. The Kier molecular flexibility index (Phi) is 5.33. The molecule has 0 spiro atoms. The van der Waals surface area contributed by atoms with Crippen molar-refractivity contribution in [2.75, 3.05) is 13.1 Å². The molecule has 0 aliphatic rings. The van der Waals surface area contributed by atoms with Gasteiger partial charge in [-0.15, -0.1) is 0 Å². The van der Waals surface area contributed by atoms with Gasteiger partial charge in [0.1, 0.15) is 17.5 Å². The molecule has 3 nitrogen and oxygen atoms in total. The smallest absolute Gasteiger partial charge is 0.329 e. The van der Waals surface area contributed by atoms with Crippen LogP contribution >= 0.6 is 11.6 Å². The lowest BCUT2D eigenvalue weighted by atomic mass is 10.1. The van der Waals surface area contributed by atoms with Gasteiger partial charge in [-0.2, -0.15) is 13.2 Å². The van der Waals surface area contributed by atoms with Gasteiger partial charge in [0, 0.05) is 6.54 Å². The second-order valence-corrected chi connectivity index (χ2v) is 5.04. The topological polar surface area (TPSA) is 33.2 Å². The molecule has 20 heavy (non-hydrogen) atoms. The molecule has 0 aliphatic heterocycles. The first-order chi connectivity index (χ1) is 9.10. The highest BCUT2D eigenvalue weighted by atomic mass is 35.5. The molecule has 0 saturated carbocycles. The minimum Gasteiger partial charge on any atom is -0.329 e. The van der Waals surface area contributed by atoms with Crippen molar-refractivity contribution in [1.82, 2.24) is 9.88 Å². The predicted octanol–water partition coefficient (Wildman–Crippen LogP) is 3.53. The molecule has 8 heteroatoms. The number of halogens is 5. The molecule has 1 aromatic rings. The Morgan fingerprint density at radius 3 is 2.55 bits per heavy atom. The van der Waals surface area contributed by atoms with E-state index in [2.05, 4.69) is 4.98 Å². The zero-order chi connectivity index (χ0) is 15.5. The molecule has 1 rings (SSSR count). The van der Waals surface area contributed by atoms with E-state index in [1.807, 2.05) is 0 Å². The molecule has 0 N–H and O–H groups in total. The van der Waals surface area contributed by atoms with Gasteiger partial charge in [0.05, 0.1) is 11.8 Å². The Morgan fingerprint density at radius 1 is 1.45 bits per heavy atom. The molecule has 0 atom stereocenters. The molecule has 0 aromatic carbocycles. The van der Waals surface area contributed by atoms with Crippen LogP contribution in [0.3, 0.4) is 0 Å². The number of alkyl halides is 3. The van der Waals surface area contributed by atoms with E-state index in [0.717, 1.165) is 12.3 Å². The summed E-state index contributed by atoms with van der Waals surface area (Å²) in [5.41, 5.74) is -0.378. The zero-order valence-corrected chi connectivity index (χ0v) is 11.6. The standard InChI is InChI=1S/C12H13ClF4N2O/c1-7(2)5-19(6-12(15,16)17)11(20)9-3-8(14)4-18-10(9)13/h3-4,7H,5-6H2,1-2H3. The van der Waals surface area contributed by atoms with Crippen molar-refractivity contribution < 1.29 is 22.4 Å². The Balaban J connectivity index is 3.06. The number of pyridine rings is 1. The number of rotatable bonds is 4. The lowest BCUT2D eigenvalue weighted by Crippen LogP contribution is -2.41. The van der Waals surface area contributed by atoms with Crippen molar-refractivity contribution in [1.29, 1.82) is 0 Å². The summed E-state index contributed by atoms with van der Waals surface area (Å²) in [5.74, 6) is -2.01. The first kappa shape index (κ1) is 16.7. The van der Waals surface area contributed by atoms with Gasteiger partial charge < -0.3 is 4.90 Å². The van der Waals surface area contributed by atoms with E-state index in [9.17, 15) is 22.4 Å². The highest BCUT2D eigenvalue weighted by Gasteiger charge is 2.34. The largest absolute Gasteiger partial charge is 0.406 e. The van der Waals surface area contributed by atoms with Crippen LogP contribution in [-0.2, 0) is 0 Å². The summed E-state index contributed by atoms with van der Waals surface area (Å²) in [6.45, 7) is 1.80. The average Bonchev–Trinajstić information content (AvgIpc) is 2.28. The van der Waals surface area contributed by atoms with Gasteiger partial charge in [0.2, 0.25) is 0 Å². The van der Waals surface area contributed by atoms with Crippen LogP contribution in [0.4, 0.5) is 17.6 Å². The van der Waals surface area contributed by atoms with Crippen LogP contribution in [0.5, 0.6) is 0 Å². The van der Waals surface area contributed by atoms with Crippen molar-refractivity contribution in [3.05, 3.63) is 28.8 Å². The van der Waals surface area contributed by atoms with E-state index >= 15 is 0 Å². The molecule has 0 fully saturated rings. The Labute approximate surface area is 118 Å². The number of carbonyl (C=O) groups is 1. The van der Waals surface area contributed by atoms with Crippen LogP contribution in [0.2, 0.25) is 5.15 Å². The number of hydrogen-bond donors (Lipinski definition) is 0. The molecule has 0 aliphatic carbocycles. The van der Waals surface area contributed by atoms with Crippen molar-refractivity contribution in [3.8, 4) is 0 Å². The first-order valence-corrected chi connectivity index (χ1v) is 6.15. The van der Waals surface area contributed by atoms with Gasteiger partial charge in [0.25, 0.3) is 5.91 Å². The Bertz CT molecular complexity index is 491. The summed E-state index contributed by atoms with van der Waals surface area (Å²) in [5, 5.41) is -0.327. The van der Waals surface area contributed by atoms with Gasteiger partial charge in [0.15, 0.2) is 0 Å². The van der Waals surface area contributed by atoms with E-state index in [-0.39, 0.29) is 23.2 Å². The molecule has 0 radical (unpaired) electrons. The average molecular weight is 313 g/mol. The van der Waals surface area contributed by atoms with Gasteiger partial charge in [-0.1, -0.05) is 25.4 Å². The van der Waals surface area contributed by atoms with E-state index in [0.29, 0.717) is 4.90 Å². The van der Waals surface area contributed by atoms with Crippen molar-refractivity contribution >= 4 is 17.5 Å². The number of amides is 1. The third-order valence-electron chi connectivity index (χ3n) is 2.28. The SMILES string of the molecule is CC(C)CN(CC(F)(F)F)C(=O)c1cc(F)cnc1Cl. The summed E-state index contributed by atoms with van der Waals surface area (Å²) in [4.78, 5) is 16.1. The van der Waals surface area contributed by atoms with Crippen LogP contribution in [0.1, 0.15) is 24.2 Å². The molecular weight excluding hydrogens is 300 g/mol. The minimum absolute atomic E-state index is 0.120. The highest BCUT2D eigenvalue weighted by molar-refractivity contribution is 6.32. The quantitative estimate of drug-likeness (QED) is 0.629. The first-order valence-electron chi connectivity index (χ1n) is 5.77. The third kappa shape index (κ3) is 4.96. The van der Waals surface area contributed by atoms with E-state index in [1.165, 1.54) is 0 Å². The van der Waals surface area contributed by atoms with Crippen molar-refractivity contribution in [2.45, 2.75) is 20.0 Å². The van der Waals surface area contributed by atoms with Crippen molar-refractivity contribution in [3.63, 3.8) is 0 Å². The van der Waals surface area contributed by atoms with Crippen LogP contribution in [-0.4, -0.2) is 35.1 Å². The van der Waals surface area contributed by atoms with E-state index < -0.39 is 24.4 Å². The predicted molar refractivity (Wildman–Crippen MR) is 66.0 cm³/mol. The Hall–Kier alpha value is -1.37. The fourth-order valence-electron chi connectivity index (χ4n) is 1.62. The summed E-state index contributed by atoms with van der Waals surface area (Å²) in [6, 6.07) is 0.779. The van der Waals surface area contributed by atoms with Crippen LogP contribution in [0.15, 0.2) is 12.3 Å². The molecule has 0 bridgehead atoms. The monoisotopic (exact) mass is 312 g/mol. The number of nitrogens with zero attached hydrogens (tertiary/aromatic N) is 2. The van der Waals surface area contributed by atoms with Gasteiger partial charge in [-0.05, 0) is 12.0 Å². The highest BCUT2D eigenvalue weighted by Crippen LogP contribution is 2.22. The second kappa shape index (κ2) is 6.39. The molecular formula is C12H13ClF4N2O. The van der Waals surface area contributed by atoms with Crippen LogP contribution in [0.25, 0.3) is 0 Å². The molecule has 1 aromatic heterocycles. The lowest BCUT2D eigenvalue weighted by molar-refractivity contribution is -0.141. The molecule has 112 valence electrons. The van der Waals surface area contributed by atoms with E-state index in [4.69, 9.17) is 11.6 Å². The summed E-state index contributed by atoms with van der Waals surface area (Å²) in [6.07, 6.45) is -3.76. The summed E-state index contributed by atoms with van der Waals surface area (Å²) in [7, 11) is 0. The maximum atomic E-state index is 13.1. The van der Waals surface area contributed by atoms with Gasteiger partial charge in [-0.3, -0.25) is 4.79 Å². The number of hydrogen-bond acceptors (Lipinski definition) is 2. The Morgan fingerprint density at radius 2 is 2.05 bits per heavy atom. The summed E-state index contributed by atoms with van der Waals surface area (Å²) >= 11 is 5.64. The fraction of sp³-hybridized carbons (Fsp3) is 0.500. The molecule has 1 heterocycles. The maximum Gasteiger partial charge on any atom is 0.406 e. The lowest BCUT2D eigenvalue weighted by Gasteiger charge is -2.25. The molecule has 0 unspecified atom stereocenters. The number of aromatic nitrogens is 1. The fourth-order valence-corrected chi connectivity index (χ4v) is 1.80.